The van der Waals surface area contributed by atoms with Crippen molar-refractivity contribution in [2.75, 3.05) is 18.0 Å². The van der Waals surface area contributed by atoms with Crippen molar-refractivity contribution in [2.24, 2.45) is 0 Å². The van der Waals surface area contributed by atoms with Gasteiger partial charge in [0.2, 0.25) is 0 Å². The minimum absolute atomic E-state index is 0.0445. The van der Waals surface area contributed by atoms with E-state index in [1.54, 1.807) is 12.1 Å². The second-order valence-electron chi connectivity index (χ2n) is 4.42. The Labute approximate surface area is 99.1 Å². The number of aliphatic hydroxyl groups excluding tert-OH is 1. The lowest BCUT2D eigenvalue weighted by Crippen LogP contribution is -2.39. The van der Waals surface area contributed by atoms with Gasteiger partial charge in [-0.05, 0) is 18.6 Å². The number of piperidine rings is 1. The van der Waals surface area contributed by atoms with Gasteiger partial charge in [-0.3, -0.25) is 0 Å². The topological polar surface area (TPSA) is 36.4 Å². The molecule has 0 atom stereocenters. The fourth-order valence-electron chi connectivity index (χ4n) is 1.98. The number of aryl methyl sites for hydroxylation is 1. The summed E-state index contributed by atoms with van der Waals surface area (Å²) in [7, 11) is 0. The van der Waals surface area contributed by atoms with Gasteiger partial charge in [-0.2, -0.15) is 0 Å². The van der Waals surface area contributed by atoms with Crippen LogP contribution in [0.5, 0.6) is 0 Å². The molecule has 1 N–H and O–H groups in total. The van der Waals surface area contributed by atoms with Crippen LogP contribution in [-0.2, 0) is 6.61 Å². The number of hydrogen-bond donors (Lipinski definition) is 1. The summed E-state index contributed by atoms with van der Waals surface area (Å²) >= 11 is 0. The van der Waals surface area contributed by atoms with E-state index in [2.05, 4.69) is 4.98 Å². The standard InChI is InChI=1S/C12H16F2N2O/c1-9-10(8-17)2-3-11(15-9)16-6-4-12(13,14)5-7-16/h2-3,17H,4-8H2,1H3. The van der Waals surface area contributed by atoms with E-state index in [1.165, 1.54) is 0 Å². The molecule has 2 rings (SSSR count). The number of aliphatic hydroxyl groups is 1. The third-order valence-electron chi connectivity index (χ3n) is 3.17. The smallest absolute Gasteiger partial charge is 0.251 e. The zero-order valence-electron chi connectivity index (χ0n) is 9.79. The van der Waals surface area contributed by atoms with Gasteiger partial charge in [0.1, 0.15) is 5.82 Å². The van der Waals surface area contributed by atoms with E-state index in [-0.39, 0.29) is 19.4 Å². The second-order valence-corrected chi connectivity index (χ2v) is 4.42. The van der Waals surface area contributed by atoms with Crippen LogP contribution in [0.1, 0.15) is 24.1 Å². The lowest BCUT2D eigenvalue weighted by Gasteiger charge is -2.32. The molecular weight excluding hydrogens is 226 g/mol. The van der Waals surface area contributed by atoms with Crippen LogP contribution in [-0.4, -0.2) is 29.1 Å². The summed E-state index contributed by atoms with van der Waals surface area (Å²) in [4.78, 5) is 6.20. The molecule has 1 aromatic heterocycles. The highest BCUT2D eigenvalue weighted by molar-refractivity contribution is 5.42. The summed E-state index contributed by atoms with van der Waals surface area (Å²) in [6.45, 7) is 2.43. The number of pyridine rings is 1. The molecule has 0 aliphatic carbocycles. The zero-order chi connectivity index (χ0) is 12.5. The van der Waals surface area contributed by atoms with E-state index < -0.39 is 5.92 Å². The Bertz CT molecular complexity index is 399. The molecule has 0 spiro atoms. The van der Waals surface area contributed by atoms with Crippen molar-refractivity contribution in [1.82, 2.24) is 4.98 Å². The van der Waals surface area contributed by atoms with Gasteiger partial charge in [0, 0.05) is 31.6 Å². The molecule has 0 radical (unpaired) electrons. The summed E-state index contributed by atoms with van der Waals surface area (Å²) in [5.74, 6) is -1.81. The van der Waals surface area contributed by atoms with Gasteiger partial charge < -0.3 is 10.0 Å². The van der Waals surface area contributed by atoms with Crippen molar-refractivity contribution in [3.8, 4) is 0 Å². The molecule has 3 nitrogen and oxygen atoms in total. The van der Waals surface area contributed by atoms with Crippen LogP contribution in [0, 0.1) is 6.92 Å². The number of anilines is 1. The maximum Gasteiger partial charge on any atom is 0.251 e. The first-order valence-electron chi connectivity index (χ1n) is 5.72. The van der Waals surface area contributed by atoms with Crippen LogP contribution in [0.15, 0.2) is 12.1 Å². The average Bonchev–Trinajstić information content (AvgIpc) is 2.29. The number of rotatable bonds is 2. The molecular formula is C12H16F2N2O. The molecule has 0 unspecified atom stereocenters. The number of hydrogen-bond acceptors (Lipinski definition) is 3. The van der Waals surface area contributed by atoms with Crippen molar-refractivity contribution in [3.63, 3.8) is 0 Å². The quantitative estimate of drug-likeness (QED) is 0.863. The van der Waals surface area contributed by atoms with E-state index in [0.29, 0.717) is 13.1 Å². The number of halogens is 2. The molecule has 94 valence electrons. The Morgan fingerprint density at radius 3 is 2.53 bits per heavy atom. The molecule has 0 bridgehead atoms. The van der Waals surface area contributed by atoms with Crippen LogP contribution in [0.25, 0.3) is 0 Å². The van der Waals surface area contributed by atoms with Gasteiger partial charge in [-0.15, -0.1) is 0 Å². The van der Waals surface area contributed by atoms with Crippen molar-refractivity contribution in [3.05, 3.63) is 23.4 Å². The predicted octanol–water partition coefficient (Wildman–Crippen LogP) is 2.12. The minimum Gasteiger partial charge on any atom is -0.392 e. The molecule has 1 aliphatic rings. The van der Waals surface area contributed by atoms with Crippen LogP contribution in [0.2, 0.25) is 0 Å². The van der Waals surface area contributed by atoms with Crippen molar-refractivity contribution < 1.29 is 13.9 Å². The second kappa shape index (κ2) is 4.56. The predicted molar refractivity (Wildman–Crippen MR) is 61.3 cm³/mol. The van der Waals surface area contributed by atoms with E-state index in [9.17, 15) is 8.78 Å². The maximum absolute atomic E-state index is 13.0. The van der Waals surface area contributed by atoms with Gasteiger partial charge in [-0.25, -0.2) is 13.8 Å². The highest BCUT2D eigenvalue weighted by Crippen LogP contribution is 2.29. The van der Waals surface area contributed by atoms with Gasteiger partial charge >= 0.3 is 0 Å². The molecule has 1 aromatic rings. The average molecular weight is 242 g/mol. The lowest BCUT2D eigenvalue weighted by molar-refractivity contribution is -0.0221. The summed E-state index contributed by atoms with van der Waals surface area (Å²) in [5, 5.41) is 9.04. The third kappa shape index (κ3) is 2.72. The molecule has 0 saturated carbocycles. The first-order chi connectivity index (χ1) is 8.02. The zero-order valence-corrected chi connectivity index (χ0v) is 9.79. The van der Waals surface area contributed by atoms with Crippen molar-refractivity contribution in [2.45, 2.75) is 32.3 Å². The SMILES string of the molecule is Cc1nc(N2CCC(F)(F)CC2)ccc1CO. The van der Waals surface area contributed by atoms with Gasteiger partial charge in [0.05, 0.1) is 6.61 Å². The van der Waals surface area contributed by atoms with Gasteiger partial charge in [-0.1, -0.05) is 6.07 Å². The molecule has 1 aliphatic heterocycles. The normalized spacial score (nSPS) is 19.4. The Morgan fingerprint density at radius 2 is 2.00 bits per heavy atom. The maximum atomic E-state index is 13.0. The Balaban J connectivity index is 2.11. The Morgan fingerprint density at radius 1 is 1.35 bits per heavy atom. The lowest BCUT2D eigenvalue weighted by atomic mass is 10.1. The first-order valence-corrected chi connectivity index (χ1v) is 5.72. The molecule has 0 amide bonds. The Kier molecular flexibility index (Phi) is 3.28. The molecule has 1 fully saturated rings. The molecule has 2 heterocycles. The van der Waals surface area contributed by atoms with E-state index in [0.717, 1.165) is 17.1 Å². The molecule has 17 heavy (non-hydrogen) atoms. The van der Waals surface area contributed by atoms with Crippen LogP contribution < -0.4 is 4.90 Å². The van der Waals surface area contributed by atoms with Crippen molar-refractivity contribution in [1.29, 1.82) is 0 Å². The van der Waals surface area contributed by atoms with Crippen LogP contribution in [0.4, 0.5) is 14.6 Å². The monoisotopic (exact) mass is 242 g/mol. The third-order valence-corrected chi connectivity index (χ3v) is 3.17. The summed E-state index contributed by atoms with van der Waals surface area (Å²) in [5.41, 5.74) is 1.53. The highest BCUT2D eigenvalue weighted by Gasteiger charge is 2.34. The number of aromatic nitrogens is 1. The van der Waals surface area contributed by atoms with Crippen LogP contribution in [0.3, 0.4) is 0 Å². The molecule has 1 saturated heterocycles. The number of nitrogens with zero attached hydrogens (tertiary/aromatic N) is 2. The summed E-state index contributed by atoms with van der Waals surface area (Å²) in [6, 6.07) is 3.58. The fraction of sp³-hybridized carbons (Fsp3) is 0.583. The molecule has 0 aromatic carbocycles. The van der Waals surface area contributed by atoms with E-state index in [4.69, 9.17) is 5.11 Å². The minimum atomic E-state index is -2.53. The van der Waals surface area contributed by atoms with E-state index in [1.807, 2.05) is 11.8 Å². The van der Waals surface area contributed by atoms with Crippen molar-refractivity contribution >= 4 is 5.82 Å². The first kappa shape index (κ1) is 12.2. The Hall–Kier alpha value is -1.23. The summed E-state index contributed by atoms with van der Waals surface area (Å²) in [6.07, 6.45) is -0.231. The highest BCUT2D eigenvalue weighted by atomic mass is 19.3. The van der Waals surface area contributed by atoms with Gasteiger partial charge in [0.15, 0.2) is 0 Å². The molecule has 5 heteroatoms. The summed E-state index contributed by atoms with van der Waals surface area (Å²) < 4.78 is 26.0. The number of alkyl halides is 2. The van der Waals surface area contributed by atoms with Gasteiger partial charge in [0.25, 0.3) is 5.92 Å². The fourth-order valence-corrected chi connectivity index (χ4v) is 1.98. The van der Waals surface area contributed by atoms with E-state index >= 15 is 0 Å². The largest absolute Gasteiger partial charge is 0.392 e. The van der Waals surface area contributed by atoms with Crippen LogP contribution >= 0.6 is 0 Å².